The monoisotopic (exact) mass is 268 g/mol. The standard InChI is InChI=1S/C9H6Cl2N6/c10-6-1-4(2-7(11)5(6)3-12)14-9-15-8(13)16-17-9/h1-2H,(H4,13,14,15,16,17). The van der Waals surface area contributed by atoms with Crippen molar-refractivity contribution in [1.29, 1.82) is 5.26 Å². The zero-order chi connectivity index (χ0) is 12.4. The molecule has 0 aliphatic carbocycles. The molecule has 1 aromatic carbocycles. The lowest BCUT2D eigenvalue weighted by Gasteiger charge is -2.05. The molecule has 0 fully saturated rings. The second-order valence-electron chi connectivity index (χ2n) is 3.10. The van der Waals surface area contributed by atoms with E-state index in [0.717, 1.165) is 0 Å². The Morgan fingerprint density at radius 1 is 1.35 bits per heavy atom. The number of hydrogen-bond donors (Lipinski definition) is 3. The van der Waals surface area contributed by atoms with Crippen LogP contribution in [0, 0.1) is 11.3 Å². The van der Waals surface area contributed by atoms with Gasteiger partial charge in [-0.25, -0.2) is 5.10 Å². The van der Waals surface area contributed by atoms with Gasteiger partial charge < -0.3 is 11.1 Å². The number of anilines is 3. The Bertz CT molecular complexity index is 577. The molecule has 0 saturated carbocycles. The van der Waals surface area contributed by atoms with Gasteiger partial charge >= 0.3 is 0 Å². The van der Waals surface area contributed by atoms with Gasteiger partial charge in [-0.2, -0.15) is 10.2 Å². The highest BCUT2D eigenvalue weighted by Crippen LogP contribution is 2.29. The number of H-pyrrole nitrogens is 1. The molecule has 0 bridgehead atoms. The van der Waals surface area contributed by atoms with Crippen molar-refractivity contribution in [3.05, 3.63) is 27.7 Å². The van der Waals surface area contributed by atoms with Gasteiger partial charge in [-0.3, -0.25) is 0 Å². The van der Waals surface area contributed by atoms with E-state index in [9.17, 15) is 0 Å². The maximum Gasteiger partial charge on any atom is 0.248 e. The third-order valence-corrected chi connectivity index (χ3v) is 2.51. The molecule has 8 heteroatoms. The lowest BCUT2D eigenvalue weighted by molar-refractivity contribution is 1.10. The number of nitrogen functional groups attached to an aromatic ring is 1. The molecule has 86 valence electrons. The summed E-state index contributed by atoms with van der Waals surface area (Å²) in [5, 5.41) is 18.4. The molecule has 2 aromatic rings. The summed E-state index contributed by atoms with van der Waals surface area (Å²) in [6, 6.07) is 5.02. The molecule has 0 saturated heterocycles. The SMILES string of the molecule is N#Cc1c(Cl)cc(Nc2n[nH]c(N)n2)cc1Cl. The highest BCUT2D eigenvalue weighted by Gasteiger charge is 2.09. The third-order valence-electron chi connectivity index (χ3n) is 1.91. The Balaban J connectivity index is 2.32. The van der Waals surface area contributed by atoms with Crippen LogP contribution >= 0.6 is 23.2 Å². The second kappa shape index (κ2) is 4.49. The van der Waals surface area contributed by atoms with Gasteiger partial charge in [0.1, 0.15) is 6.07 Å². The topological polar surface area (TPSA) is 103 Å². The Labute approximate surface area is 106 Å². The number of rotatable bonds is 2. The molecular formula is C9H6Cl2N6. The first-order valence-corrected chi connectivity index (χ1v) is 5.20. The molecule has 0 aliphatic rings. The highest BCUT2D eigenvalue weighted by molar-refractivity contribution is 6.37. The maximum absolute atomic E-state index is 8.80. The van der Waals surface area contributed by atoms with Gasteiger partial charge in [0.2, 0.25) is 11.9 Å². The normalized spacial score (nSPS) is 9.94. The van der Waals surface area contributed by atoms with Gasteiger partial charge in [0, 0.05) is 5.69 Å². The van der Waals surface area contributed by atoms with E-state index in [0.29, 0.717) is 11.6 Å². The zero-order valence-electron chi connectivity index (χ0n) is 8.33. The number of nitrogens with one attached hydrogen (secondary N) is 2. The van der Waals surface area contributed by atoms with E-state index in [-0.39, 0.29) is 21.6 Å². The van der Waals surface area contributed by atoms with E-state index in [1.54, 1.807) is 12.1 Å². The fraction of sp³-hybridized carbons (Fsp3) is 0. The van der Waals surface area contributed by atoms with Crippen LogP contribution in [0.3, 0.4) is 0 Å². The highest BCUT2D eigenvalue weighted by atomic mass is 35.5. The molecule has 2 rings (SSSR count). The average Bonchev–Trinajstić information content (AvgIpc) is 2.63. The summed E-state index contributed by atoms with van der Waals surface area (Å²) in [7, 11) is 0. The van der Waals surface area contributed by atoms with Crippen LogP contribution in [0.25, 0.3) is 0 Å². The van der Waals surface area contributed by atoms with Crippen LogP contribution in [0.1, 0.15) is 5.56 Å². The Morgan fingerprint density at radius 2 is 2.00 bits per heavy atom. The third kappa shape index (κ3) is 2.41. The van der Waals surface area contributed by atoms with Crippen LogP contribution in [0.15, 0.2) is 12.1 Å². The lowest BCUT2D eigenvalue weighted by atomic mass is 10.2. The predicted molar refractivity (Wildman–Crippen MR) is 65.3 cm³/mol. The molecule has 17 heavy (non-hydrogen) atoms. The van der Waals surface area contributed by atoms with Gasteiger partial charge in [0.25, 0.3) is 0 Å². The van der Waals surface area contributed by atoms with Crippen molar-refractivity contribution < 1.29 is 0 Å². The Morgan fingerprint density at radius 3 is 2.47 bits per heavy atom. The minimum Gasteiger partial charge on any atom is -0.368 e. The number of aromatic amines is 1. The molecular weight excluding hydrogens is 263 g/mol. The molecule has 4 N–H and O–H groups in total. The summed E-state index contributed by atoms with van der Waals surface area (Å²) in [5.74, 6) is 0.484. The van der Waals surface area contributed by atoms with E-state index in [1.807, 2.05) is 6.07 Å². The van der Waals surface area contributed by atoms with Gasteiger partial charge in [0.15, 0.2) is 0 Å². The van der Waals surface area contributed by atoms with Gasteiger partial charge in [0.05, 0.1) is 15.6 Å². The number of aromatic nitrogens is 3. The van der Waals surface area contributed by atoms with Gasteiger partial charge in [-0.05, 0) is 12.1 Å². The summed E-state index contributed by atoms with van der Waals surface area (Å²) in [4.78, 5) is 3.86. The van der Waals surface area contributed by atoms with Crippen LogP contribution in [-0.2, 0) is 0 Å². The number of nitriles is 1. The smallest absolute Gasteiger partial charge is 0.248 e. The van der Waals surface area contributed by atoms with Crippen molar-refractivity contribution in [3.63, 3.8) is 0 Å². The number of halogens is 2. The van der Waals surface area contributed by atoms with Crippen LogP contribution in [0.2, 0.25) is 10.0 Å². The van der Waals surface area contributed by atoms with E-state index >= 15 is 0 Å². The molecule has 0 amide bonds. The largest absolute Gasteiger partial charge is 0.368 e. The molecule has 0 radical (unpaired) electrons. The first-order valence-electron chi connectivity index (χ1n) is 4.44. The summed E-state index contributed by atoms with van der Waals surface area (Å²) in [6.45, 7) is 0. The van der Waals surface area contributed by atoms with Crippen LogP contribution in [0.4, 0.5) is 17.6 Å². The van der Waals surface area contributed by atoms with Crippen molar-refractivity contribution in [2.24, 2.45) is 0 Å². The number of nitrogens with zero attached hydrogens (tertiary/aromatic N) is 3. The van der Waals surface area contributed by atoms with Crippen molar-refractivity contribution >= 4 is 40.8 Å². The first-order chi connectivity index (χ1) is 8.10. The molecule has 1 aromatic heterocycles. The fourth-order valence-corrected chi connectivity index (χ4v) is 1.78. The molecule has 0 aliphatic heterocycles. The predicted octanol–water partition coefficient (Wildman–Crippen LogP) is 2.31. The van der Waals surface area contributed by atoms with Crippen LogP contribution < -0.4 is 11.1 Å². The van der Waals surface area contributed by atoms with Gasteiger partial charge in [-0.1, -0.05) is 23.2 Å². The molecule has 0 atom stereocenters. The maximum atomic E-state index is 8.80. The molecule has 0 spiro atoms. The Kier molecular flexibility index (Phi) is 3.04. The molecule has 0 unspecified atom stereocenters. The van der Waals surface area contributed by atoms with E-state index in [4.69, 9.17) is 34.2 Å². The lowest BCUT2D eigenvalue weighted by Crippen LogP contribution is -1.94. The summed E-state index contributed by atoms with van der Waals surface area (Å²) in [6.07, 6.45) is 0. The minimum absolute atomic E-state index is 0.193. The number of benzene rings is 1. The van der Waals surface area contributed by atoms with Crippen LogP contribution in [0.5, 0.6) is 0 Å². The summed E-state index contributed by atoms with van der Waals surface area (Å²) >= 11 is 11.8. The first kappa shape index (κ1) is 11.5. The van der Waals surface area contributed by atoms with Crippen molar-refractivity contribution in [1.82, 2.24) is 15.2 Å². The van der Waals surface area contributed by atoms with Crippen molar-refractivity contribution in [2.45, 2.75) is 0 Å². The Hall–Kier alpha value is -1.97. The fourth-order valence-electron chi connectivity index (χ4n) is 1.21. The zero-order valence-corrected chi connectivity index (χ0v) is 9.84. The number of nitrogens with two attached hydrogens (primary N) is 1. The van der Waals surface area contributed by atoms with Crippen molar-refractivity contribution in [3.8, 4) is 6.07 Å². The quantitative estimate of drug-likeness (QED) is 0.776. The summed E-state index contributed by atoms with van der Waals surface area (Å²) in [5.41, 5.74) is 6.17. The van der Waals surface area contributed by atoms with Crippen molar-refractivity contribution in [2.75, 3.05) is 11.1 Å². The van der Waals surface area contributed by atoms with E-state index in [1.165, 1.54) is 0 Å². The molecule has 1 heterocycles. The molecule has 6 nitrogen and oxygen atoms in total. The summed E-state index contributed by atoms with van der Waals surface area (Å²) < 4.78 is 0. The second-order valence-corrected chi connectivity index (χ2v) is 3.91. The van der Waals surface area contributed by atoms with E-state index < -0.39 is 0 Å². The number of hydrogen-bond acceptors (Lipinski definition) is 5. The van der Waals surface area contributed by atoms with Gasteiger partial charge in [-0.15, -0.1) is 5.10 Å². The average molecular weight is 269 g/mol. The van der Waals surface area contributed by atoms with E-state index in [2.05, 4.69) is 20.5 Å². The van der Waals surface area contributed by atoms with Crippen LogP contribution in [-0.4, -0.2) is 15.2 Å². The minimum atomic E-state index is 0.193.